The molecular formula is C6H7N3O. The van der Waals surface area contributed by atoms with Gasteiger partial charge in [0.05, 0.1) is 5.56 Å². The molecule has 0 atom stereocenters. The predicted octanol–water partition coefficient (Wildman–Crippen LogP) is 0.331. The van der Waals surface area contributed by atoms with E-state index >= 15 is 0 Å². The molecule has 1 heterocycles. The van der Waals surface area contributed by atoms with Gasteiger partial charge in [0.25, 0.3) is 0 Å². The third kappa shape index (κ3) is 1.28. The van der Waals surface area contributed by atoms with E-state index in [9.17, 15) is 4.79 Å². The van der Waals surface area contributed by atoms with E-state index in [1.54, 1.807) is 7.05 Å². The Hall–Kier alpha value is -1.45. The molecule has 0 radical (unpaired) electrons. The number of anilines is 1. The number of nitrogens with one attached hydrogen (secondary N) is 1. The van der Waals surface area contributed by atoms with Crippen molar-refractivity contribution in [3.8, 4) is 0 Å². The minimum atomic E-state index is 0.485. The fraction of sp³-hybridized carbons (Fsp3) is 0.167. The highest BCUT2D eigenvalue weighted by atomic mass is 16.1. The highest BCUT2D eigenvalue weighted by Gasteiger charge is 1.90. The first-order valence-electron chi connectivity index (χ1n) is 2.82. The summed E-state index contributed by atoms with van der Waals surface area (Å²) in [5, 5.41) is 2.74. The van der Waals surface area contributed by atoms with Gasteiger partial charge in [0.2, 0.25) is 5.95 Å². The number of hydrogen-bond donors (Lipinski definition) is 1. The fourth-order valence-electron chi connectivity index (χ4n) is 0.528. The third-order valence-electron chi connectivity index (χ3n) is 1.03. The summed E-state index contributed by atoms with van der Waals surface area (Å²) in [5.74, 6) is 0.519. The number of carbonyl (C=O) groups excluding carboxylic acids is 1. The summed E-state index contributed by atoms with van der Waals surface area (Å²) in [5.41, 5.74) is 0.485. The van der Waals surface area contributed by atoms with Crippen LogP contribution in [-0.4, -0.2) is 23.3 Å². The van der Waals surface area contributed by atoms with Gasteiger partial charge in [-0.3, -0.25) is 4.79 Å². The predicted molar refractivity (Wildman–Crippen MR) is 37.0 cm³/mol. The molecule has 1 aromatic rings. The quantitative estimate of drug-likeness (QED) is 0.597. The summed E-state index contributed by atoms with van der Waals surface area (Å²) in [4.78, 5) is 17.7. The smallest absolute Gasteiger partial charge is 0.222 e. The molecular weight excluding hydrogens is 130 g/mol. The molecule has 0 aliphatic heterocycles. The van der Waals surface area contributed by atoms with Crippen LogP contribution < -0.4 is 5.32 Å². The summed E-state index contributed by atoms with van der Waals surface area (Å²) >= 11 is 0. The summed E-state index contributed by atoms with van der Waals surface area (Å²) in [6.45, 7) is 0. The molecule has 0 aliphatic rings. The molecule has 4 heteroatoms. The number of rotatable bonds is 2. The Morgan fingerprint density at radius 2 is 2.10 bits per heavy atom. The van der Waals surface area contributed by atoms with Crippen LogP contribution in [0.2, 0.25) is 0 Å². The van der Waals surface area contributed by atoms with Gasteiger partial charge in [-0.25, -0.2) is 9.97 Å². The van der Waals surface area contributed by atoms with Crippen LogP contribution in [0.15, 0.2) is 12.4 Å². The Balaban J connectivity index is 2.90. The topological polar surface area (TPSA) is 54.9 Å². The zero-order chi connectivity index (χ0) is 7.40. The second-order valence-electron chi connectivity index (χ2n) is 1.71. The van der Waals surface area contributed by atoms with E-state index in [1.807, 2.05) is 0 Å². The minimum absolute atomic E-state index is 0.485. The van der Waals surface area contributed by atoms with Crippen LogP contribution in [0.3, 0.4) is 0 Å². The van der Waals surface area contributed by atoms with Gasteiger partial charge in [-0.1, -0.05) is 0 Å². The van der Waals surface area contributed by atoms with E-state index in [0.717, 1.165) is 0 Å². The van der Waals surface area contributed by atoms with Gasteiger partial charge in [0, 0.05) is 19.4 Å². The van der Waals surface area contributed by atoms with Crippen molar-refractivity contribution in [2.24, 2.45) is 0 Å². The van der Waals surface area contributed by atoms with Gasteiger partial charge in [0.1, 0.15) is 0 Å². The monoisotopic (exact) mass is 137 g/mol. The van der Waals surface area contributed by atoms with Gasteiger partial charge < -0.3 is 5.32 Å². The van der Waals surface area contributed by atoms with Crippen LogP contribution in [0.1, 0.15) is 10.4 Å². The molecule has 1 aromatic heterocycles. The molecule has 10 heavy (non-hydrogen) atoms. The average molecular weight is 137 g/mol. The molecule has 1 rings (SSSR count). The van der Waals surface area contributed by atoms with Gasteiger partial charge in [-0.05, 0) is 0 Å². The summed E-state index contributed by atoms with van der Waals surface area (Å²) < 4.78 is 0. The van der Waals surface area contributed by atoms with Crippen LogP contribution >= 0.6 is 0 Å². The van der Waals surface area contributed by atoms with Gasteiger partial charge >= 0.3 is 0 Å². The Morgan fingerprint density at radius 3 is 2.50 bits per heavy atom. The highest BCUT2D eigenvalue weighted by Crippen LogP contribution is 1.94. The Bertz CT molecular complexity index is 219. The number of aromatic nitrogens is 2. The van der Waals surface area contributed by atoms with E-state index in [4.69, 9.17) is 0 Å². The first-order chi connectivity index (χ1) is 4.86. The molecule has 0 saturated heterocycles. The molecule has 0 aromatic carbocycles. The number of hydrogen-bond acceptors (Lipinski definition) is 4. The van der Waals surface area contributed by atoms with Crippen molar-refractivity contribution < 1.29 is 4.79 Å². The Labute approximate surface area is 58.3 Å². The highest BCUT2D eigenvalue weighted by molar-refractivity contribution is 5.73. The lowest BCUT2D eigenvalue weighted by Gasteiger charge is -1.94. The van der Waals surface area contributed by atoms with Crippen molar-refractivity contribution in [2.45, 2.75) is 0 Å². The maximum atomic E-state index is 10.1. The maximum absolute atomic E-state index is 10.1. The average Bonchev–Trinajstić information content (AvgIpc) is 2.05. The van der Waals surface area contributed by atoms with Crippen molar-refractivity contribution in [2.75, 3.05) is 12.4 Å². The normalized spacial score (nSPS) is 8.90. The van der Waals surface area contributed by atoms with E-state index < -0.39 is 0 Å². The number of aldehydes is 1. The zero-order valence-corrected chi connectivity index (χ0v) is 5.53. The molecule has 0 aliphatic carbocycles. The maximum Gasteiger partial charge on any atom is 0.222 e. The van der Waals surface area contributed by atoms with E-state index in [0.29, 0.717) is 17.8 Å². The van der Waals surface area contributed by atoms with Crippen LogP contribution in [-0.2, 0) is 0 Å². The minimum Gasteiger partial charge on any atom is -0.357 e. The fourth-order valence-corrected chi connectivity index (χ4v) is 0.528. The summed E-state index contributed by atoms with van der Waals surface area (Å²) in [6.07, 6.45) is 3.64. The van der Waals surface area contributed by atoms with Crippen molar-refractivity contribution >= 4 is 12.2 Å². The molecule has 0 fully saturated rings. The number of nitrogens with zero attached hydrogens (tertiary/aromatic N) is 2. The standard InChI is InChI=1S/C6H7N3O/c1-7-6-8-2-5(4-10)3-9-6/h2-4H,1H3,(H,7,8,9). The Kier molecular flexibility index (Phi) is 1.94. The Morgan fingerprint density at radius 1 is 1.50 bits per heavy atom. The van der Waals surface area contributed by atoms with Crippen molar-refractivity contribution in [1.82, 2.24) is 9.97 Å². The molecule has 1 N–H and O–H groups in total. The largest absolute Gasteiger partial charge is 0.357 e. The molecule has 4 nitrogen and oxygen atoms in total. The zero-order valence-electron chi connectivity index (χ0n) is 5.53. The van der Waals surface area contributed by atoms with Gasteiger partial charge in [0.15, 0.2) is 6.29 Å². The van der Waals surface area contributed by atoms with E-state index in [1.165, 1.54) is 12.4 Å². The summed E-state index contributed by atoms with van der Waals surface area (Å²) in [7, 11) is 1.72. The molecule has 0 spiro atoms. The molecule has 0 bridgehead atoms. The lowest BCUT2D eigenvalue weighted by Crippen LogP contribution is -1.95. The van der Waals surface area contributed by atoms with Crippen LogP contribution in [0.5, 0.6) is 0 Å². The summed E-state index contributed by atoms with van der Waals surface area (Å²) in [6, 6.07) is 0. The third-order valence-corrected chi connectivity index (χ3v) is 1.03. The lowest BCUT2D eigenvalue weighted by atomic mass is 10.4. The van der Waals surface area contributed by atoms with Gasteiger partial charge in [-0.15, -0.1) is 0 Å². The van der Waals surface area contributed by atoms with Crippen LogP contribution in [0.4, 0.5) is 5.95 Å². The van der Waals surface area contributed by atoms with Crippen molar-refractivity contribution in [3.63, 3.8) is 0 Å². The van der Waals surface area contributed by atoms with E-state index in [-0.39, 0.29) is 0 Å². The SMILES string of the molecule is CNc1ncc(C=O)cn1. The van der Waals surface area contributed by atoms with Gasteiger partial charge in [-0.2, -0.15) is 0 Å². The molecule has 0 saturated carbocycles. The second-order valence-corrected chi connectivity index (χ2v) is 1.71. The first-order valence-corrected chi connectivity index (χ1v) is 2.82. The van der Waals surface area contributed by atoms with Crippen molar-refractivity contribution in [1.29, 1.82) is 0 Å². The van der Waals surface area contributed by atoms with E-state index in [2.05, 4.69) is 15.3 Å². The van der Waals surface area contributed by atoms with Crippen LogP contribution in [0.25, 0.3) is 0 Å². The molecule has 52 valence electrons. The molecule has 0 unspecified atom stereocenters. The van der Waals surface area contributed by atoms with Crippen molar-refractivity contribution in [3.05, 3.63) is 18.0 Å². The van der Waals surface area contributed by atoms with Crippen LogP contribution in [0, 0.1) is 0 Å². The lowest BCUT2D eigenvalue weighted by molar-refractivity contribution is 0.112. The molecule has 0 amide bonds. The first kappa shape index (κ1) is 6.67. The number of carbonyl (C=O) groups is 1. The second kappa shape index (κ2) is 2.91.